The van der Waals surface area contributed by atoms with E-state index in [-0.39, 0.29) is 10.8 Å². The molecule has 0 bridgehead atoms. The molecule has 138 valence electrons. The van der Waals surface area contributed by atoms with Crippen LogP contribution >= 0.6 is 11.6 Å². The summed E-state index contributed by atoms with van der Waals surface area (Å²) in [6, 6.07) is 11.8. The molecule has 0 heterocycles. The maximum atomic E-state index is 12.4. The summed E-state index contributed by atoms with van der Waals surface area (Å²) in [7, 11) is -3.57. The van der Waals surface area contributed by atoms with E-state index >= 15 is 0 Å². The first-order valence-corrected chi connectivity index (χ1v) is 10.2. The second-order valence-corrected chi connectivity index (χ2v) is 8.87. The van der Waals surface area contributed by atoms with Crippen LogP contribution in [0.3, 0.4) is 0 Å². The van der Waals surface area contributed by atoms with Crippen LogP contribution in [0.1, 0.15) is 29.5 Å². The van der Waals surface area contributed by atoms with Crippen LogP contribution in [0.4, 0.5) is 0 Å². The van der Waals surface area contributed by atoms with Crippen molar-refractivity contribution in [3.63, 3.8) is 0 Å². The molecule has 2 N–H and O–H groups in total. The Morgan fingerprint density at radius 1 is 1.19 bits per heavy atom. The van der Waals surface area contributed by atoms with Gasteiger partial charge < -0.3 is 5.11 Å². The topological polar surface area (TPSA) is 83.5 Å². The lowest BCUT2D eigenvalue weighted by Gasteiger charge is -2.11. The van der Waals surface area contributed by atoms with Crippen molar-refractivity contribution < 1.29 is 18.3 Å². The van der Waals surface area contributed by atoms with E-state index in [9.17, 15) is 13.2 Å². The van der Waals surface area contributed by atoms with Crippen molar-refractivity contribution in [3.05, 3.63) is 64.2 Å². The zero-order valence-corrected chi connectivity index (χ0v) is 15.8. The molecule has 2 aromatic carbocycles. The number of hydrogen-bond acceptors (Lipinski definition) is 3. The van der Waals surface area contributed by atoms with E-state index in [0.29, 0.717) is 11.6 Å². The summed E-state index contributed by atoms with van der Waals surface area (Å²) < 4.78 is 27.4. The summed E-state index contributed by atoms with van der Waals surface area (Å²) in [5.41, 5.74) is 3.03. The monoisotopic (exact) mass is 393 g/mol. The lowest BCUT2D eigenvalue weighted by Crippen LogP contribution is -2.29. The Labute approximate surface area is 158 Å². The predicted octanol–water partition coefficient (Wildman–Crippen LogP) is 3.22. The fourth-order valence-corrected chi connectivity index (χ4v) is 4.45. The molecule has 2 aromatic rings. The lowest BCUT2D eigenvalue weighted by atomic mass is 9.97. The molecular formula is C19H20ClNO4S. The highest BCUT2D eigenvalue weighted by atomic mass is 35.5. The van der Waals surface area contributed by atoms with Gasteiger partial charge in [-0.15, -0.1) is 0 Å². The van der Waals surface area contributed by atoms with Crippen LogP contribution in [-0.4, -0.2) is 26.0 Å². The molecule has 3 rings (SSSR count). The van der Waals surface area contributed by atoms with Gasteiger partial charge in [-0.25, -0.2) is 13.1 Å². The number of sulfonamides is 1. The van der Waals surface area contributed by atoms with Gasteiger partial charge >= 0.3 is 5.97 Å². The molecule has 5 nitrogen and oxygen atoms in total. The van der Waals surface area contributed by atoms with Crippen molar-refractivity contribution in [3.8, 4) is 0 Å². The van der Waals surface area contributed by atoms with E-state index in [1.54, 1.807) is 19.1 Å². The Bertz CT molecular complexity index is 925. The van der Waals surface area contributed by atoms with Crippen molar-refractivity contribution in [1.82, 2.24) is 4.72 Å². The smallest absolute Gasteiger partial charge is 0.310 e. The van der Waals surface area contributed by atoms with Crippen molar-refractivity contribution in [2.75, 3.05) is 6.54 Å². The van der Waals surface area contributed by atoms with Crippen molar-refractivity contribution >= 4 is 27.6 Å². The Hall–Kier alpha value is -1.89. The number of carbonyl (C=O) groups is 1. The molecule has 0 radical (unpaired) electrons. The zero-order valence-electron chi connectivity index (χ0n) is 14.3. The SMILES string of the molecule is CC(C(=O)O)c1ccc2c(c1)CC(CNS(=O)(=O)c1ccc(Cl)cc1)C2. The molecule has 0 saturated carbocycles. The lowest BCUT2D eigenvalue weighted by molar-refractivity contribution is -0.138. The van der Waals surface area contributed by atoms with Gasteiger partial charge in [0.2, 0.25) is 10.0 Å². The van der Waals surface area contributed by atoms with Crippen molar-refractivity contribution in [2.24, 2.45) is 5.92 Å². The van der Waals surface area contributed by atoms with Gasteiger partial charge in [-0.2, -0.15) is 0 Å². The summed E-state index contributed by atoms with van der Waals surface area (Å²) in [5, 5.41) is 9.64. The molecule has 0 aromatic heterocycles. The third-order valence-corrected chi connectivity index (χ3v) is 6.50. The highest BCUT2D eigenvalue weighted by molar-refractivity contribution is 7.89. The molecule has 0 saturated heterocycles. The average Bonchev–Trinajstić information content (AvgIpc) is 3.02. The number of halogens is 1. The number of carboxylic acid groups (broad SMARTS) is 1. The van der Waals surface area contributed by atoms with Crippen LogP contribution in [0.15, 0.2) is 47.4 Å². The van der Waals surface area contributed by atoms with E-state index in [0.717, 1.165) is 29.5 Å². The van der Waals surface area contributed by atoms with Gasteiger partial charge in [0.25, 0.3) is 0 Å². The number of carboxylic acids is 1. The summed E-state index contributed by atoms with van der Waals surface area (Å²) >= 11 is 5.80. The number of aliphatic carboxylic acids is 1. The molecule has 0 amide bonds. The number of hydrogen-bond donors (Lipinski definition) is 2. The molecule has 0 aliphatic heterocycles. The second-order valence-electron chi connectivity index (χ2n) is 6.67. The van der Waals surface area contributed by atoms with Crippen LogP contribution < -0.4 is 4.72 Å². The fourth-order valence-electron chi connectivity index (χ4n) is 3.21. The highest BCUT2D eigenvalue weighted by Gasteiger charge is 2.25. The number of fused-ring (bicyclic) bond motifs is 1. The minimum atomic E-state index is -3.57. The third kappa shape index (κ3) is 4.09. The zero-order chi connectivity index (χ0) is 18.9. The van der Waals surface area contributed by atoms with Crippen LogP contribution in [0.5, 0.6) is 0 Å². The summed E-state index contributed by atoms with van der Waals surface area (Å²) in [6.07, 6.45) is 1.51. The number of rotatable bonds is 6. The first-order valence-electron chi connectivity index (χ1n) is 8.36. The Morgan fingerprint density at radius 2 is 1.85 bits per heavy atom. The molecule has 1 aliphatic carbocycles. The van der Waals surface area contributed by atoms with Crippen molar-refractivity contribution in [1.29, 1.82) is 0 Å². The van der Waals surface area contributed by atoms with Crippen LogP contribution in [0.25, 0.3) is 0 Å². The predicted molar refractivity (Wildman–Crippen MR) is 100 cm³/mol. The summed E-state index contributed by atoms with van der Waals surface area (Å²) in [5.74, 6) is -1.25. The normalized spacial score (nSPS) is 17.7. The van der Waals surface area contributed by atoms with Gasteiger partial charge in [-0.3, -0.25) is 4.79 Å². The van der Waals surface area contributed by atoms with Gasteiger partial charge in [-0.05, 0) is 66.6 Å². The largest absolute Gasteiger partial charge is 0.481 e. The minimum absolute atomic E-state index is 0.155. The minimum Gasteiger partial charge on any atom is -0.481 e. The van der Waals surface area contributed by atoms with Gasteiger partial charge in [0.15, 0.2) is 0 Å². The molecule has 1 aliphatic rings. The van der Waals surface area contributed by atoms with E-state index < -0.39 is 21.9 Å². The standard InChI is InChI=1S/C19H20ClNO4S/c1-12(19(22)23)14-2-3-15-8-13(9-16(15)10-14)11-21-26(24,25)18-6-4-17(20)5-7-18/h2-7,10,12-13,21H,8-9,11H2,1H3,(H,22,23). The second kappa shape index (κ2) is 7.39. The summed E-state index contributed by atoms with van der Waals surface area (Å²) in [4.78, 5) is 11.3. The van der Waals surface area contributed by atoms with Gasteiger partial charge in [0, 0.05) is 11.6 Å². The molecule has 26 heavy (non-hydrogen) atoms. The van der Waals surface area contributed by atoms with Gasteiger partial charge in [-0.1, -0.05) is 29.8 Å². The Morgan fingerprint density at radius 3 is 2.50 bits per heavy atom. The Balaban J connectivity index is 1.65. The molecule has 2 unspecified atom stereocenters. The average molecular weight is 394 g/mol. The van der Waals surface area contributed by atoms with Gasteiger partial charge in [0.05, 0.1) is 10.8 Å². The highest BCUT2D eigenvalue weighted by Crippen LogP contribution is 2.30. The van der Waals surface area contributed by atoms with Crippen LogP contribution in [0.2, 0.25) is 5.02 Å². The van der Waals surface area contributed by atoms with E-state index in [2.05, 4.69) is 4.72 Å². The first kappa shape index (κ1) is 18.9. The molecule has 0 fully saturated rings. The van der Waals surface area contributed by atoms with E-state index in [1.807, 2.05) is 18.2 Å². The fraction of sp³-hybridized carbons (Fsp3) is 0.316. The maximum absolute atomic E-state index is 12.4. The number of benzene rings is 2. The Kier molecular flexibility index (Phi) is 5.37. The molecular weight excluding hydrogens is 374 g/mol. The quantitative estimate of drug-likeness (QED) is 0.789. The van der Waals surface area contributed by atoms with Gasteiger partial charge in [0.1, 0.15) is 0 Å². The van der Waals surface area contributed by atoms with E-state index in [4.69, 9.17) is 16.7 Å². The maximum Gasteiger partial charge on any atom is 0.310 e. The molecule has 0 spiro atoms. The molecule has 7 heteroatoms. The van der Waals surface area contributed by atoms with Crippen molar-refractivity contribution in [2.45, 2.75) is 30.6 Å². The molecule has 2 atom stereocenters. The number of nitrogens with one attached hydrogen (secondary N) is 1. The summed E-state index contributed by atoms with van der Waals surface area (Å²) in [6.45, 7) is 2.00. The van der Waals surface area contributed by atoms with E-state index in [1.165, 1.54) is 12.1 Å². The van der Waals surface area contributed by atoms with Crippen LogP contribution in [0, 0.1) is 5.92 Å². The van der Waals surface area contributed by atoms with Crippen LogP contribution in [-0.2, 0) is 27.7 Å². The third-order valence-electron chi connectivity index (χ3n) is 4.80. The first-order chi connectivity index (χ1) is 12.3.